The summed E-state index contributed by atoms with van der Waals surface area (Å²) in [5.74, 6) is -0.497. The Morgan fingerprint density at radius 3 is 2.84 bits per heavy atom. The fourth-order valence-corrected chi connectivity index (χ4v) is 3.18. The summed E-state index contributed by atoms with van der Waals surface area (Å²) in [5, 5.41) is 7.13. The molecule has 1 amide bonds. The van der Waals surface area contributed by atoms with Crippen molar-refractivity contribution in [3.05, 3.63) is 38.8 Å². The van der Waals surface area contributed by atoms with Crippen molar-refractivity contribution in [2.24, 2.45) is 0 Å². The summed E-state index contributed by atoms with van der Waals surface area (Å²) in [7, 11) is 0. The third kappa shape index (κ3) is 4.11. The zero-order chi connectivity index (χ0) is 18.0. The molecular formula is C16H18N4O4S. The van der Waals surface area contributed by atoms with Gasteiger partial charge in [-0.25, -0.2) is 14.5 Å². The van der Waals surface area contributed by atoms with Gasteiger partial charge in [0.15, 0.2) is 5.13 Å². The molecule has 2 aromatic rings. The molecular weight excluding hydrogens is 344 g/mol. The van der Waals surface area contributed by atoms with Gasteiger partial charge >= 0.3 is 5.97 Å². The number of rotatable bonds is 6. The van der Waals surface area contributed by atoms with E-state index in [4.69, 9.17) is 4.74 Å². The fraction of sp³-hybridized carbons (Fsp3) is 0.438. The molecule has 1 aliphatic rings. The molecule has 1 saturated carbocycles. The molecule has 25 heavy (non-hydrogen) atoms. The van der Waals surface area contributed by atoms with Crippen LogP contribution in [0, 0.1) is 6.92 Å². The number of anilines is 1. The fourth-order valence-electron chi connectivity index (χ4n) is 2.31. The Kier molecular flexibility index (Phi) is 4.93. The van der Waals surface area contributed by atoms with Crippen LogP contribution in [0.3, 0.4) is 0 Å². The van der Waals surface area contributed by atoms with Crippen LogP contribution in [0.4, 0.5) is 5.13 Å². The zero-order valence-electron chi connectivity index (χ0n) is 13.9. The molecule has 3 rings (SSSR count). The van der Waals surface area contributed by atoms with Gasteiger partial charge in [0.2, 0.25) is 5.91 Å². The van der Waals surface area contributed by atoms with Gasteiger partial charge in [-0.2, -0.15) is 5.10 Å². The summed E-state index contributed by atoms with van der Waals surface area (Å²) in [4.78, 5) is 40.3. The smallest absolute Gasteiger partial charge is 0.350 e. The summed E-state index contributed by atoms with van der Waals surface area (Å²) < 4.78 is 6.09. The maximum Gasteiger partial charge on any atom is 0.350 e. The first-order chi connectivity index (χ1) is 12.0. The van der Waals surface area contributed by atoms with Crippen LogP contribution in [-0.2, 0) is 16.1 Å². The molecule has 0 bridgehead atoms. The van der Waals surface area contributed by atoms with E-state index in [1.807, 2.05) is 0 Å². The van der Waals surface area contributed by atoms with Crippen molar-refractivity contribution >= 4 is 28.3 Å². The monoisotopic (exact) mass is 362 g/mol. The van der Waals surface area contributed by atoms with Crippen molar-refractivity contribution in [2.75, 3.05) is 11.9 Å². The number of ether oxygens (including phenoxy) is 1. The van der Waals surface area contributed by atoms with Crippen LogP contribution in [0.25, 0.3) is 0 Å². The van der Waals surface area contributed by atoms with Gasteiger partial charge in [-0.05, 0) is 32.8 Å². The second kappa shape index (κ2) is 7.14. The number of esters is 1. The number of hydrogen-bond donors (Lipinski definition) is 1. The molecule has 0 radical (unpaired) electrons. The minimum Gasteiger partial charge on any atom is -0.462 e. The van der Waals surface area contributed by atoms with Crippen LogP contribution in [0.1, 0.15) is 46.7 Å². The van der Waals surface area contributed by atoms with Gasteiger partial charge in [-0.3, -0.25) is 9.59 Å². The van der Waals surface area contributed by atoms with E-state index in [0.717, 1.165) is 34.6 Å². The first kappa shape index (κ1) is 17.3. The maximum absolute atomic E-state index is 12.2. The Bertz CT molecular complexity index is 869. The van der Waals surface area contributed by atoms with Gasteiger partial charge in [0.25, 0.3) is 5.56 Å². The number of aryl methyl sites for hydroxylation is 1. The van der Waals surface area contributed by atoms with Crippen LogP contribution >= 0.6 is 11.3 Å². The molecule has 9 heteroatoms. The second-order valence-corrected chi connectivity index (χ2v) is 6.73. The number of thiazole rings is 1. The van der Waals surface area contributed by atoms with Gasteiger partial charge in [0, 0.05) is 12.0 Å². The van der Waals surface area contributed by atoms with Gasteiger partial charge in [-0.1, -0.05) is 11.3 Å². The summed E-state index contributed by atoms with van der Waals surface area (Å²) in [6.07, 6.45) is 2.12. The lowest BCUT2D eigenvalue weighted by molar-refractivity contribution is -0.117. The average Bonchev–Trinajstić information content (AvgIpc) is 3.33. The largest absolute Gasteiger partial charge is 0.462 e. The number of nitrogens with one attached hydrogen (secondary N) is 1. The van der Waals surface area contributed by atoms with Crippen LogP contribution in [0.15, 0.2) is 16.9 Å². The number of nitrogens with zero attached hydrogens (tertiary/aromatic N) is 3. The molecule has 0 unspecified atom stereocenters. The maximum atomic E-state index is 12.2. The average molecular weight is 362 g/mol. The van der Waals surface area contributed by atoms with Gasteiger partial charge in [-0.15, -0.1) is 0 Å². The molecule has 0 aliphatic heterocycles. The van der Waals surface area contributed by atoms with Crippen LogP contribution < -0.4 is 10.9 Å². The highest BCUT2D eigenvalue weighted by Gasteiger charge is 2.26. The van der Waals surface area contributed by atoms with Crippen LogP contribution in [-0.4, -0.2) is 33.2 Å². The van der Waals surface area contributed by atoms with Crippen molar-refractivity contribution < 1.29 is 14.3 Å². The lowest BCUT2D eigenvalue weighted by Crippen LogP contribution is -2.29. The third-order valence-electron chi connectivity index (χ3n) is 3.68. The van der Waals surface area contributed by atoms with E-state index in [0.29, 0.717) is 16.5 Å². The molecule has 1 fully saturated rings. The Morgan fingerprint density at radius 2 is 2.16 bits per heavy atom. The number of hydrogen-bond acceptors (Lipinski definition) is 7. The Morgan fingerprint density at radius 1 is 1.40 bits per heavy atom. The quantitative estimate of drug-likeness (QED) is 0.785. The second-order valence-electron chi connectivity index (χ2n) is 5.73. The van der Waals surface area contributed by atoms with Crippen molar-refractivity contribution in [1.82, 2.24) is 14.8 Å². The van der Waals surface area contributed by atoms with Gasteiger partial charge < -0.3 is 10.1 Å². The Hall–Kier alpha value is -2.55. The van der Waals surface area contributed by atoms with E-state index in [2.05, 4.69) is 15.4 Å². The number of carbonyl (C=O) groups excluding carboxylic acids is 2. The van der Waals surface area contributed by atoms with E-state index in [-0.39, 0.29) is 23.8 Å². The van der Waals surface area contributed by atoms with Crippen molar-refractivity contribution in [1.29, 1.82) is 0 Å². The van der Waals surface area contributed by atoms with E-state index in [1.165, 1.54) is 6.07 Å². The van der Waals surface area contributed by atoms with E-state index in [9.17, 15) is 14.4 Å². The number of aromatic nitrogens is 3. The molecule has 0 atom stereocenters. The molecule has 8 nitrogen and oxygen atoms in total. The summed E-state index contributed by atoms with van der Waals surface area (Å²) in [6.45, 7) is 3.46. The molecule has 2 aromatic heterocycles. The normalized spacial score (nSPS) is 13.5. The third-order valence-corrected chi connectivity index (χ3v) is 4.73. The highest BCUT2D eigenvalue weighted by molar-refractivity contribution is 7.17. The summed E-state index contributed by atoms with van der Waals surface area (Å²) >= 11 is 1.04. The van der Waals surface area contributed by atoms with Gasteiger partial charge in [0.1, 0.15) is 11.4 Å². The van der Waals surface area contributed by atoms with Crippen molar-refractivity contribution in [2.45, 2.75) is 39.2 Å². The predicted octanol–water partition coefficient (Wildman–Crippen LogP) is 1.70. The summed E-state index contributed by atoms with van der Waals surface area (Å²) in [5.41, 5.74) is 0.994. The Labute approximate surface area is 147 Å². The molecule has 2 heterocycles. The summed E-state index contributed by atoms with van der Waals surface area (Å²) in [6, 6.07) is 3.14. The van der Waals surface area contributed by atoms with Crippen molar-refractivity contribution in [3.63, 3.8) is 0 Å². The molecule has 1 N–H and O–H groups in total. The lowest BCUT2D eigenvalue weighted by atomic mass is 10.3. The Balaban J connectivity index is 1.69. The minimum absolute atomic E-state index is 0.202. The molecule has 0 aromatic carbocycles. The minimum atomic E-state index is -0.465. The SMILES string of the molecule is CCOC(=O)c1sc(NC(=O)Cn2nc(C3CC3)ccc2=O)nc1C. The number of carbonyl (C=O) groups is 2. The van der Waals surface area contributed by atoms with Gasteiger partial charge in [0.05, 0.1) is 18.0 Å². The molecule has 0 saturated heterocycles. The van der Waals surface area contributed by atoms with E-state index < -0.39 is 11.9 Å². The lowest BCUT2D eigenvalue weighted by Gasteiger charge is -2.06. The highest BCUT2D eigenvalue weighted by atomic mass is 32.1. The molecule has 132 valence electrons. The first-order valence-electron chi connectivity index (χ1n) is 8.00. The van der Waals surface area contributed by atoms with Crippen LogP contribution in [0.2, 0.25) is 0 Å². The van der Waals surface area contributed by atoms with E-state index in [1.54, 1.807) is 19.9 Å². The van der Waals surface area contributed by atoms with E-state index >= 15 is 0 Å². The molecule has 1 aliphatic carbocycles. The first-order valence-corrected chi connectivity index (χ1v) is 8.82. The molecule has 0 spiro atoms. The standard InChI is InChI=1S/C16H18N4O4S/c1-3-24-15(23)14-9(2)17-16(25-14)18-12(21)8-20-13(22)7-6-11(19-20)10-4-5-10/h6-7,10H,3-5,8H2,1-2H3,(H,17,18,21). The highest BCUT2D eigenvalue weighted by Crippen LogP contribution is 2.38. The zero-order valence-corrected chi connectivity index (χ0v) is 14.8. The van der Waals surface area contributed by atoms with Crippen molar-refractivity contribution in [3.8, 4) is 0 Å². The number of amides is 1. The predicted molar refractivity (Wildman–Crippen MR) is 91.9 cm³/mol. The topological polar surface area (TPSA) is 103 Å². The van der Waals surface area contributed by atoms with Crippen LogP contribution in [0.5, 0.6) is 0 Å².